The third-order valence-corrected chi connectivity index (χ3v) is 3.75. The molecule has 2 rings (SSSR count). The lowest BCUT2D eigenvalue weighted by Gasteiger charge is -2.14. The molecule has 0 fully saturated rings. The second kappa shape index (κ2) is 10.2. The number of amides is 3. The summed E-state index contributed by atoms with van der Waals surface area (Å²) < 4.78 is 5.26. The van der Waals surface area contributed by atoms with E-state index in [2.05, 4.69) is 16.0 Å². The zero-order chi connectivity index (χ0) is 17.9. The van der Waals surface area contributed by atoms with Crippen molar-refractivity contribution in [2.24, 2.45) is 0 Å². The molecule has 25 heavy (non-hydrogen) atoms. The predicted octanol–water partition coefficient (Wildman–Crippen LogP) is 2.61. The number of rotatable bonds is 9. The highest BCUT2D eigenvalue weighted by molar-refractivity contribution is 5.78. The van der Waals surface area contributed by atoms with E-state index in [-0.39, 0.29) is 24.4 Å². The van der Waals surface area contributed by atoms with Crippen LogP contribution in [0, 0.1) is 0 Å². The molecule has 0 aliphatic heterocycles. The Kier molecular flexibility index (Phi) is 7.56. The van der Waals surface area contributed by atoms with Gasteiger partial charge in [-0.3, -0.25) is 4.79 Å². The summed E-state index contributed by atoms with van der Waals surface area (Å²) in [5.74, 6) is 0.819. The molecule has 0 spiro atoms. The van der Waals surface area contributed by atoms with Crippen LogP contribution in [0.25, 0.3) is 0 Å². The van der Waals surface area contributed by atoms with Crippen LogP contribution in [0.5, 0.6) is 0 Å². The third kappa shape index (κ3) is 7.56. The highest BCUT2D eigenvalue weighted by atomic mass is 16.3. The van der Waals surface area contributed by atoms with Crippen molar-refractivity contribution in [3.8, 4) is 0 Å². The topological polar surface area (TPSA) is 83.4 Å². The molecule has 1 heterocycles. The van der Waals surface area contributed by atoms with Gasteiger partial charge in [-0.05, 0) is 31.0 Å². The summed E-state index contributed by atoms with van der Waals surface area (Å²) in [6, 6.07) is 13.2. The molecule has 2 aromatic rings. The zero-order valence-corrected chi connectivity index (χ0v) is 14.5. The van der Waals surface area contributed by atoms with Gasteiger partial charge in [0, 0.05) is 32.0 Å². The van der Waals surface area contributed by atoms with Gasteiger partial charge in [0.15, 0.2) is 0 Å². The molecule has 1 atom stereocenters. The van der Waals surface area contributed by atoms with Gasteiger partial charge >= 0.3 is 6.03 Å². The fraction of sp³-hybridized carbons (Fsp3) is 0.368. The maximum atomic E-state index is 11.8. The third-order valence-electron chi connectivity index (χ3n) is 3.75. The Hall–Kier alpha value is -2.76. The Morgan fingerprint density at radius 3 is 2.60 bits per heavy atom. The van der Waals surface area contributed by atoms with Crippen molar-refractivity contribution in [3.63, 3.8) is 0 Å². The van der Waals surface area contributed by atoms with Crippen LogP contribution >= 0.6 is 0 Å². The number of urea groups is 1. The molecule has 1 aromatic carbocycles. The standard InChI is InChI=1S/C19H25N3O3/c1-15(9-10-17-8-5-13-25-17)22-19(24)20-12-11-18(23)21-14-16-6-3-2-4-7-16/h2-8,13,15H,9-12,14H2,1H3,(H,21,23)(H2,20,22,24)/t15-/m1/s1. The second-order valence-corrected chi connectivity index (χ2v) is 5.93. The first kappa shape index (κ1) is 18.6. The Morgan fingerprint density at radius 2 is 1.88 bits per heavy atom. The minimum absolute atomic E-state index is 0.0250. The molecule has 0 unspecified atom stereocenters. The first-order valence-electron chi connectivity index (χ1n) is 8.51. The highest BCUT2D eigenvalue weighted by Gasteiger charge is 2.09. The van der Waals surface area contributed by atoms with E-state index < -0.39 is 0 Å². The van der Waals surface area contributed by atoms with Gasteiger partial charge in [0.1, 0.15) is 5.76 Å². The van der Waals surface area contributed by atoms with Gasteiger partial charge in [-0.25, -0.2) is 4.79 Å². The van der Waals surface area contributed by atoms with Crippen LogP contribution < -0.4 is 16.0 Å². The van der Waals surface area contributed by atoms with Gasteiger partial charge in [0.25, 0.3) is 0 Å². The number of aryl methyl sites for hydroxylation is 1. The van der Waals surface area contributed by atoms with Crippen LogP contribution in [0.4, 0.5) is 4.79 Å². The molecule has 0 radical (unpaired) electrons. The fourth-order valence-electron chi connectivity index (χ4n) is 2.34. The summed E-state index contributed by atoms with van der Waals surface area (Å²) in [6.45, 7) is 2.74. The van der Waals surface area contributed by atoms with Crippen LogP contribution in [0.15, 0.2) is 53.1 Å². The van der Waals surface area contributed by atoms with Crippen molar-refractivity contribution >= 4 is 11.9 Å². The van der Waals surface area contributed by atoms with Crippen LogP contribution in [0.1, 0.15) is 31.1 Å². The molecule has 6 heteroatoms. The summed E-state index contributed by atoms with van der Waals surface area (Å²) in [6.07, 6.45) is 3.46. The predicted molar refractivity (Wildman–Crippen MR) is 95.9 cm³/mol. The molecule has 3 N–H and O–H groups in total. The molecule has 3 amide bonds. The lowest BCUT2D eigenvalue weighted by molar-refractivity contribution is -0.121. The van der Waals surface area contributed by atoms with Gasteiger partial charge < -0.3 is 20.4 Å². The van der Waals surface area contributed by atoms with Crippen LogP contribution in [0.3, 0.4) is 0 Å². The van der Waals surface area contributed by atoms with E-state index >= 15 is 0 Å². The molecule has 0 saturated carbocycles. The highest BCUT2D eigenvalue weighted by Crippen LogP contribution is 2.05. The summed E-state index contributed by atoms with van der Waals surface area (Å²) in [7, 11) is 0. The first-order chi connectivity index (χ1) is 12.1. The van der Waals surface area contributed by atoms with Gasteiger partial charge in [-0.2, -0.15) is 0 Å². The van der Waals surface area contributed by atoms with Crippen molar-refractivity contribution in [3.05, 3.63) is 60.1 Å². The van der Waals surface area contributed by atoms with E-state index in [0.29, 0.717) is 13.1 Å². The molecule has 134 valence electrons. The van der Waals surface area contributed by atoms with Crippen LogP contribution in [0.2, 0.25) is 0 Å². The van der Waals surface area contributed by atoms with E-state index in [4.69, 9.17) is 4.42 Å². The molecule has 6 nitrogen and oxygen atoms in total. The summed E-state index contributed by atoms with van der Waals surface area (Å²) in [5, 5.41) is 8.38. The fourth-order valence-corrected chi connectivity index (χ4v) is 2.34. The lowest BCUT2D eigenvalue weighted by Crippen LogP contribution is -2.42. The van der Waals surface area contributed by atoms with E-state index in [0.717, 1.165) is 24.2 Å². The average Bonchev–Trinajstić information content (AvgIpc) is 3.12. The minimum atomic E-state index is -0.261. The van der Waals surface area contributed by atoms with E-state index in [1.54, 1.807) is 6.26 Å². The number of hydrogen-bond donors (Lipinski definition) is 3. The summed E-state index contributed by atoms with van der Waals surface area (Å²) >= 11 is 0. The van der Waals surface area contributed by atoms with Crippen molar-refractivity contribution < 1.29 is 14.0 Å². The Balaban J connectivity index is 1.54. The maximum Gasteiger partial charge on any atom is 0.315 e. The molecular weight excluding hydrogens is 318 g/mol. The molecule has 0 bridgehead atoms. The van der Waals surface area contributed by atoms with Crippen molar-refractivity contribution in [2.45, 2.75) is 38.8 Å². The van der Waals surface area contributed by atoms with Gasteiger partial charge in [0.2, 0.25) is 5.91 Å². The number of carbonyl (C=O) groups excluding carboxylic acids is 2. The molecule has 0 saturated heterocycles. The van der Waals surface area contributed by atoms with Gasteiger partial charge in [-0.1, -0.05) is 30.3 Å². The SMILES string of the molecule is C[C@H](CCc1ccco1)NC(=O)NCCC(=O)NCc1ccccc1. The molecular formula is C19H25N3O3. The number of carbonyl (C=O) groups is 2. The van der Waals surface area contributed by atoms with Crippen LogP contribution in [-0.4, -0.2) is 24.5 Å². The minimum Gasteiger partial charge on any atom is -0.469 e. The van der Waals surface area contributed by atoms with Gasteiger partial charge in [-0.15, -0.1) is 0 Å². The van der Waals surface area contributed by atoms with Crippen molar-refractivity contribution in [1.82, 2.24) is 16.0 Å². The smallest absolute Gasteiger partial charge is 0.315 e. The number of hydrogen-bond acceptors (Lipinski definition) is 3. The van der Waals surface area contributed by atoms with Gasteiger partial charge in [0.05, 0.1) is 6.26 Å². The van der Waals surface area contributed by atoms with E-state index in [1.807, 2.05) is 49.4 Å². The van der Waals surface area contributed by atoms with E-state index in [1.165, 1.54) is 0 Å². The Labute approximate surface area is 148 Å². The quantitative estimate of drug-likeness (QED) is 0.654. The molecule has 1 aromatic heterocycles. The number of nitrogens with one attached hydrogen (secondary N) is 3. The monoisotopic (exact) mass is 343 g/mol. The normalized spacial score (nSPS) is 11.6. The average molecular weight is 343 g/mol. The Morgan fingerprint density at radius 1 is 1.08 bits per heavy atom. The summed E-state index contributed by atoms with van der Waals surface area (Å²) in [5.41, 5.74) is 1.05. The van der Waals surface area contributed by atoms with Crippen molar-refractivity contribution in [1.29, 1.82) is 0 Å². The second-order valence-electron chi connectivity index (χ2n) is 5.93. The van der Waals surface area contributed by atoms with Crippen molar-refractivity contribution in [2.75, 3.05) is 6.54 Å². The summed E-state index contributed by atoms with van der Waals surface area (Å²) in [4.78, 5) is 23.6. The Bertz CT molecular complexity index is 641. The first-order valence-corrected chi connectivity index (χ1v) is 8.51. The maximum absolute atomic E-state index is 11.8. The largest absolute Gasteiger partial charge is 0.469 e. The molecule has 0 aliphatic rings. The molecule has 0 aliphatic carbocycles. The van der Waals surface area contributed by atoms with Crippen LogP contribution in [-0.2, 0) is 17.8 Å². The van der Waals surface area contributed by atoms with E-state index in [9.17, 15) is 9.59 Å². The number of furan rings is 1. The number of benzene rings is 1. The zero-order valence-electron chi connectivity index (χ0n) is 14.5. The lowest BCUT2D eigenvalue weighted by atomic mass is 10.1.